The van der Waals surface area contributed by atoms with Crippen molar-refractivity contribution < 1.29 is 0 Å². The smallest absolute Gasteiger partial charge is 0.0240 e. The van der Waals surface area contributed by atoms with Crippen LogP contribution in [0, 0.1) is 0 Å². The molecule has 0 aromatic heterocycles. The van der Waals surface area contributed by atoms with E-state index in [1.807, 2.05) is 0 Å². The third-order valence-electron chi connectivity index (χ3n) is 7.08. The average molecular weight is 295 g/mol. The van der Waals surface area contributed by atoms with Crippen LogP contribution in [0.25, 0.3) is 0 Å². The molecule has 0 heterocycles. The van der Waals surface area contributed by atoms with Crippen molar-refractivity contribution in [2.24, 2.45) is 0 Å². The Morgan fingerprint density at radius 2 is 0.700 bits per heavy atom. The van der Waals surface area contributed by atoms with E-state index >= 15 is 0 Å². The van der Waals surface area contributed by atoms with Crippen molar-refractivity contribution in [2.45, 2.75) is 113 Å². The van der Waals surface area contributed by atoms with Crippen LogP contribution in [0.4, 0.5) is 0 Å². The van der Waals surface area contributed by atoms with Gasteiger partial charge >= 0.3 is 0 Å². The fourth-order valence-electron chi connectivity index (χ4n) is 5.81. The molecule has 0 saturated heterocycles. The lowest BCUT2D eigenvalue weighted by Gasteiger charge is -2.55. The number of hydrogen-bond acceptors (Lipinski definition) is 0. The van der Waals surface area contributed by atoms with Crippen LogP contribution in [-0.4, -0.2) is 23.6 Å². The minimum atomic E-state index is -0.696. The topological polar surface area (TPSA) is 0 Å². The summed E-state index contributed by atoms with van der Waals surface area (Å²) in [5.74, 6) is 0. The summed E-state index contributed by atoms with van der Waals surface area (Å²) in [7, 11) is -0.696. The predicted molar refractivity (Wildman–Crippen MR) is 93.5 cm³/mol. The van der Waals surface area contributed by atoms with E-state index in [1.165, 1.54) is 36.2 Å². The second kappa shape index (κ2) is 7.13. The zero-order chi connectivity index (χ0) is 13.8. The van der Waals surface area contributed by atoms with Gasteiger partial charge in [0.15, 0.2) is 0 Å². The first-order chi connectivity index (χ1) is 9.82. The molecule has 1 radical (unpaired) electrons. The molecule has 0 unspecified atom stereocenters. The molecule has 20 heavy (non-hydrogen) atoms. The van der Waals surface area contributed by atoms with E-state index in [0.29, 0.717) is 0 Å². The van der Waals surface area contributed by atoms with Gasteiger partial charge in [0.1, 0.15) is 0 Å². The molecule has 3 aliphatic carbocycles. The van der Waals surface area contributed by atoms with Crippen LogP contribution in [0.5, 0.6) is 0 Å². The third-order valence-corrected chi connectivity index (χ3v) is 13.4. The van der Waals surface area contributed by atoms with Crippen LogP contribution in [0.1, 0.15) is 96.3 Å². The quantitative estimate of drug-likeness (QED) is 0.512. The van der Waals surface area contributed by atoms with Gasteiger partial charge in [0.2, 0.25) is 0 Å². The van der Waals surface area contributed by atoms with E-state index in [-0.39, 0.29) is 0 Å². The molecule has 3 aliphatic rings. The van der Waals surface area contributed by atoms with Crippen molar-refractivity contribution in [1.29, 1.82) is 0 Å². The van der Waals surface area contributed by atoms with Gasteiger partial charge in [-0.2, -0.15) is 0 Å². The van der Waals surface area contributed by atoms with Crippen LogP contribution in [-0.2, 0) is 0 Å². The highest BCUT2D eigenvalue weighted by Crippen LogP contribution is 2.74. The summed E-state index contributed by atoms with van der Waals surface area (Å²) in [6.07, 6.45) is 23.6. The molecule has 1 heteroatoms. The van der Waals surface area contributed by atoms with Crippen LogP contribution in [0.15, 0.2) is 0 Å². The van der Waals surface area contributed by atoms with E-state index in [2.05, 4.69) is 6.66 Å². The first-order valence-electron chi connectivity index (χ1n) is 9.67. The maximum Gasteiger partial charge on any atom is -0.0240 e. The van der Waals surface area contributed by atoms with Crippen molar-refractivity contribution >= 4 is 7.26 Å². The zero-order valence-corrected chi connectivity index (χ0v) is 14.7. The fraction of sp³-hybridized carbons (Fsp3) is 1.00. The molecule has 0 nitrogen and oxygen atoms in total. The van der Waals surface area contributed by atoms with E-state index in [0.717, 1.165) is 0 Å². The molecule has 0 aliphatic heterocycles. The first kappa shape index (κ1) is 15.3. The molecule has 0 atom stereocenters. The normalized spacial score (nSPS) is 28.6. The van der Waals surface area contributed by atoms with Gasteiger partial charge in [-0.3, -0.25) is 0 Å². The summed E-state index contributed by atoms with van der Waals surface area (Å²) in [5.41, 5.74) is 3.55. The molecular weight excluding hydrogens is 259 g/mol. The van der Waals surface area contributed by atoms with E-state index < -0.39 is 7.26 Å². The third kappa shape index (κ3) is 3.11. The maximum absolute atomic E-state index is 2.87. The first-order valence-corrected chi connectivity index (χ1v) is 12.1. The lowest BCUT2D eigenvalue weighted by Crippen LogP contribution is -2.35. The van der Waals surface area contributed by atoms with Crippen molar-refractivity contribution in [3.05, 3.63) is 0 Å². The highest BCUT2D eigenvalue weighted by molar-refractivity contribution is 7.77. The number of rotatable bonds is 3. The average Bonchev–Trinajstić information content (AvgIpc) is 2.56. The van der Waals surface area contributed by atoms with Crippen LogP contribution in [0.2, 0.25) is 0 Å². The highest BCUT2D eigenvalue weighted by atomic mass is 31.2. The van der Waals surface area contributed by atoms with Gasteiger partial charge in [-0.15, -0.1) is 7.26 Å². The monoisotopic (exact) mass is 295 g/mol. The minimum absolute atomic E-state index is 0.696. The summed E-state index contributed by atoms with van der Waals surface area (Å²) in [5, 5.41) is 0. The Morgan fingerprint density at radius 1 is 0.450 bits per heavy atom. The standard InChI is InChI=1S/C19H36P/c1-20(17-11-5-2-6-12-17,18-13-7-3-8-14-18)19-15-9-4-10-16-19/h17-19H,2-16H2,1H3. The fourth-order valence-corrected chi connectivity index (χ4v) is 12.0. The zero-order valence-electron chi connectivity index (χ0n) is 13.8. The predicted octanol–water partition coefficient (Wildman–Crippen LogP) is 6.63. The van der Waals surface area contributed by atoms with Gasteiger partial charge in [0.05, 0.1) is 0 Å². The van der Waals surface area contributed by atoms with Gasteiger partial charge in [0.25, 0.3) is 0 Å². The van der Waals surface area contributed by atoms with Crippen LogP contribution >= 0.6 is 7.26 Å². The Morgan fingerprint density at radius 3 is 0.950 bits per heavy atom. The summed E-state index contributed by atoms with van der Waals surface area (Å²) >= 11 is 0. The van der Waals surface area contributed by atoms with Crippen LogP contribution in [0.3, 0.4) is 0 Å². The van der Waals surface area contributed by atoms with Gasteiger partial charge < -0.3 is 0 Å². The Bertz CT molecular complexity index is 235. The Kier molecular flexibility index (Phi) is 5.46. The molecule has 0 aromatic rings. The highest BCUT2D eigenvalue weighted by Gasteiger charge is 2.44. The SMILES string of the molecule is C[P](C1CCCCC1)(C1CCCCC1)C1CCCCC1. The summed E-state index contributed by atoms with van der Waals surface area (Å²) in [4.78, 5) is 0. The van der Waals surface area contributed by atoms with E-state index in [4.69, 9.17) is 0 Å². The molecule has 3 fully saturated rings. The summed E-state index contributed by atoms with van der Waals surface area (Å²) in [6, 6.07) is 0. The van der Waals surface area contributed by atoms with E-state index in [9.17, 15) is 0 Å². The molecule has 3 saturated carbocycles. The van der Waals surface area contributed by atoms with Crippen molar-refractivity contribution in [3.63, 3.8) is 0 Å². The van der Waals surface area contributed by atoms with Gasteiger partial charge in [-0.05, 0) is 62.2 Å². The molecule has 0 aromatic carbocycles. The van der Waals surface area contributed by atoms with Crippen molar-refractivity contribution in [1.82, 2.24) is 0 Å². The van der Waals surface area contributed by atoms with Gasteiger partial charge in [0, 0.05) is 0 Å². The lowest BCUT2D eigenvalue weighted by atomic mass is 9.99. The molecule has 3 rings (SSSR count). The molecular formula is C19H36P. The Hall–Kier alpha value is 0.430. The summed E-state index contributed by atoms with van der Waals surface area (Å²) in [6.45, 7) is 2.87. The molecule has 0 spiro atoms. The Balaban J connectivity index is 1.79. The minimum Gasteiger partial charge on any atom is -0.119 e. The molecule has 117 valence electrons. The van der Waals surface area contributed by atoms with Gasteiger partial charge in [-0.1, -0.05) is 57.8 Å². The van der Waals surface area contributed by atoms with Gasteiger partial charge in [-0.25, -0.2) is 0 Å². The van der Waals surface area contributed by atoms with Crippen molar-refractivity contribution in [2.75, 3.05) is 6.66 Å². The van der Waals surface area contributed by atoms with Crippen molar-refractivity contribution in [3.8, 4) is 0 Å². The lowest BCUT2D eigenvalue weighted by molar-refractivity contribution is 0.453. The maximum atomic E-state index is 2.87. The second-order valence-corrected chi connectivity index (χ2v) is 12.7. The largest absolute Gasteiger partial charge is 0.119 e. The second-order valence-electron chi connectivity index (χ2n) is 8.10. The van der Waals surface area contributed by atoms with Crippen LogP contribution < -0.4 is 0 Å². The van der Waals surface area contributed by atoms with E-state index in [1.54, 1.807) is 77.0 Å². The molecule has 0 amide bonds. The molecule has 0 bridgehead atoms. The number of hydrogen-bond donors (Lipinski definition) is 0. The summed E-state index contributed by atoms with van der Waals surface area (Å²) < 4.78 is 0. The Labute approximate surface area is 127 Å². The molecule has 0 N–H and O–H groups in total.